The van der Waals surface area contributed by atoms with Gasteiger partial charge < -0.3 is 10.0 Å². The summed E-state index contributed by atoms with van der Waals surface area (Å²) < 4.78 is 0. The van der Waals surface area contributed by atoms with E-state index in [2.05, 4.69) is 29.0 Å². The molecule has 2 unspecified atom stereocenters. The number of rotatable bonds is 2. The van der Waals surface area contributed by atoms with Crippen LogP contribution >= 0.6 is 0 Å². The van der Waals surface area contributed by atoms with Crippen LogP contribution in [-0.2, 0) is 5.60 Å². The maximum Gasteiger partial charge on any atom is 0.108 e. The molecule has 3 rings (SSSR count). The van der Waals surface area contributed by atoms with E-state index in [9.17, 15) is 5.11 Å². The van der Waals surface area contributed by atoms with Crippen LogP contribution in [0.4, 0.5) is 0 Å². The molecule has 1 aromatic rings. The molecule has 2 aliphatic heterocycles. The highest BCUT2D eigenvalue weighted by Crippen LogP contribution is 2.36. The summed E-state index contributed by atoms with van der Waals surface area (Å²) in [5.41, 5.74) is 0.401. The zero-order chi connectivity index (χ0) is 13.3. The number of nitrogens with zero attached hydrogens (tertiary/aromatic N) is 2. The first-order valence-corrected chi connectivity index (χ1v) is 7.41. The fourth-order valence-corrected chi connectivity index (χ4v) is 3.60. The fraction of sp³-hybridized carbons (Fsp3) is 0.625. The number of benzene rings is 1. The molecule has 0 saturated carbocycles. The Kier molecular flexibility index (Phi) is 3.61. The van der Waals surface area contributed by atoms with Gasteiger partial charge in [0.1, 0.15) is 5.60 Å². The molecule has 2 saturated heterocycles. The number of likely N-dealkylation sites (tertiary alicyclic amines) is 2. The van der Waals surface area contributed by atoms with Crippen molar-refractivity contribution in [3.63, 3.8) is 0 Å². The van der Waals surface area contributed by atoms with Crippen LogP contribution in [0.25, 0.3) is 0 Å². The Balaban J connectivity index is 1.91. The zero-order valence-electron chi connectivity index (χ0n) is 11.8. The Morgan fingerprint density at radius 3 is 2.47 bits per heavy atom. The quantitative estimate of drug-likeness (QED) is 0.876. The van der Waals surface area contributed by atoms with Crippen molar-refractivity contribution in [2.45, 2.75) is 30.9 Å². The molecule has 0 aliphatic carbocycles. The van der Waals surface area contributed by atoms with Gasteiger partial charge in [-0.2, -0.15) is 0 Å². The maximum absolute atomic E-state index is 11.3. The Bertz CT molecular complexity index is 416. The lowest BCUT2D eigenvalue weighted by molar-refractivity contribution is -0.0900. The van der Waals surface area contributed by atoms with E-state index in [0.29, 0.717) is 0 Å². The first-order chi connectivity index (χ1) is 9.20. The second-order valence-corrected chi connectivity index (χ2v) is 6.06. The summed E-state index contributed by atoms with van der Waals surface area (Å²) in [5.74, 6) is 0. The third-order valence-corrected chi connectivity index (χ3v) is 4.77. The molecule has 0 aromatic heterocycles. The number of hydrogen-bond acceptors (Lipinski definition) is 3. The number of likely N-dealkylation sites (N-methyl/N-ethyl adjacent to an activating group) is 1. The van der Waals surface area contributed by atoms with Gasteiger partial charge in [-0.15, -0.1) is 0 Å². The molecule has 0 amide bonds. The fourth-order valence-electron chi connectivity index (χ4n) is 3.60. The van der Waals surface area contributed by atoms with Gasteiger partial charge in [-0.25, -0.2) is 0 Å². The Morgan fingerprint density at radius 1 is 1.11 bits per heavy atom. The molecule has 3 heteroatoms. The van der Waals surface area contributed by atoms with Crippen molar-refractivity contribution in [3.05, 3.63) is 35.9 Å². The smallest absolute Gasteiger partial charge is 0.108 e. The molecule has 1 N–H and O–H groups in total. The summed E-state index contributed by atoms with van der Waals surface area (Å²) in [6.45, 7) is 4.20. The van der Waals surface area contributed by atoms with Crippen molar-refractivity contribution in [1.29, 1.82) is 0 Å². The second kappa shape index (κ2) is 5.23. The summed E-state index contributed by atoms with van der Waals surface area (Å²) in [4.78, 5) is 4.84. The van der Waals surface area contributed by atoms with Crippen LogP contribution in [0.3, 0.4) is 0 Å². The molecule has 3 nitrogen and oxygen atoms in total. The summed E-state index contributed by atoms with van der Waals surface area (Å²) in [6, 6.07) is 10.5. The van der Waals surface area contributed by atoms with E-state index in [1.807, 2.05) is 18.2 Å². The molecule has 2 atom stereocenters. The monoisotopic (exact) mass is 260 g/mol. The highest BCUT2D eigenvalue weighted by molar-refractivity contribution is 5.26. The van der Waals surface area contributed by atoms with E-state index < -0.39 is 5.60 Å². The third kappa shape index (κ3) is 2.42. The summed E-state index contributed by atoms with van der Waals surface area (Å²) in [5, 5.41) is 11.3. The predicted octanol–water partition coefficient (Wildman–Crippen LogP) is 1.67. The van der Waals surface area contributed by atoms with Gasteiger partial charge in [0.25, 0.3) is 0 Å². The van der Waals surface area contributed by atoms with E-state index in [1.54, 1.807) is 0 Å². The Morgan fingerprint density at radius 2 is 1.79 bits per heavy atom. The van der Waals surface area contributed by atoms with Crippen molar-refractivity contribution >= 4 is 0 Å². The SMILES string of the molecule is CN1CCC(O)(c2ccccc2)C(N2CCCC2)C1. The minimum atomic E-state index is -0.682. The van der Waals surface area contributed by atoms with Gasteiger partial charge in [0, 0.05) is 13.1 Å². The van der Waals surface area contributed by atoms with Crippen molar-refractivity contribution in [1.82, 2.24) is 9.80 Å². The Hall–Kier alpha value is -0.900. The highest BCUT2D eigenvalue weighted by atomic mass is 16.3. The van der Waals surface area contributed by atoms with Gasteiger partial charge in [-0.1, -0.05) is 30.3 Å². The molecule has 104 valence electrons. The van der Waals surface area contributed by atoms with Crippen LogP contribution in [0.5, 0.6) is 0 Å². The van der Waals surface area contributed by atoms with E-state index in [1.165, 1.54) is 12.8 Å². The van der Waals surface area contributed by atoms with Crippen LogP contribution in [0.1, 0.15) is 24.8 Å². The lowest BCUT2D eigenvalue weighted by Gasteiger charge is -2.47. The molecule has 2 fully saturated rings. The van der Waals surface area contributed by atoms with Gasteiger partial charge in [0.2, 0.25) is 0 Å². The van der Waals surface area contributed by atoms with Gasteiger partial charge in [0.05, 0.1) is 6.04 Å². The molecule has 2 heterocycles. The number of aliphatic hydroxyl groups is 1. The third-order valence-electron chi connectivity index (χ3n) is 4.77. The van der Waals surface area contributed by atoms with Crippen LogP contribution < -0.4 is 0 Å². The maximum atomic E-state index is 11.3. The molecule has 0 spiro atoms. The second-order valence-electron chi connectivity index (χ2n) is 6.06. The molecule has 0 radical (unpaired) electrons. The molecular formula is C16H24N2O. The van der Waals surface area contributed by atoms with E-state index >= 15 is 0 Å². The van der Waals surface area contributed by atoms with E-state index in [0.717, 1.165) is 38.2 Å². The average Bonchev–Trinajstić information content (AvgIpc) is 2.96. The first kappa shape index (κ1) is 13.1. The van der Waals surface area contributed by atoms with Crippen LogP contribution in [-0.4, -0.2) is 54.2 Å². The minimum Gasteiger partial charge on any atom is -0.383 e. The van der Waals surface area contributed by atoms with Crippen LogP contribution in [0.2, 0.25) is 0 Å². The molecular weight excluding hydrogens is 236 g/mol. The van der Waals surface area contributed by atoms with Crippen molar-refractivity contribution in [3.8, 4) is 0 Å². The highest BCUT2D eigenvalue weighted by Gasteiger charge is 2.45. The van der Waals surface area contributed by atoms with Crippen molar-refractivity contribution in [2.24, 2.45) is 0 Å². The lowest BCUT2D eigenvalue weighted by Crippen LogP contribution is -2.59. The molecule has 1 aromatic carbocycles. The molecule has 19 heavy (non-hydrogen) atoms. The van der Waals surface area contributed by atoms with Crippen molar-refractivity contribution in [2.75, 3.05) is 33.2 Å². The molecule has 2 aliphatic rings. The van der Waals surface area contributed by atoms with Gasteiger partial charge in [-0.3, -0.25) is 4.90 Å². The average molecular weight is 260 g/mol. The van der Waals surface area contributed by atoms with Gasteiger partial charge in [0.15, 0.2) is 0 Å². The van der Waals surface area contributed by atoms with Crippen LogP contribution in [0.15, 0.2) is 30.3 Å². The lowest BCUT2D eigenvalue weighted by atomic mass is 9.80. The van der Waals surface area contributed by atoms with Gasteiger partial charge in [-0.05, 0) is 45.0 Å². The summed E-state index contributed by atoms with van der Waals surface area (Å²) >= 11 is 0. The first-order valence-electron chi connectivity index (χ1n) is 7.41. The van der Waals surface area contributed by atoms with Crippen molar-refractivity contribution < 1.29 is 5.11 Å². The number of piperidine rings is 1. The zero-order valence-corrected chi connectivity index (χ0v) is 11.8. The predicted molar refractivity (Wildman–Crippen MR) is 77.0 cm³/mol. The largest absolute Gasteiger partial charge is 0.383 e. The van der Waals surface area contributed by atoms with E-state index in [4.69, 9.17) is 0 Å². The number of hydrogen-bond donors (Lipinski definition) is 1. The normalized spacial score (nSPS) is 33.7. The topological polar surface area (TPSA) is 26.7 Å². The standard InChI is InChI=1S/C16H24N2O/c1-17-12-9-16(19,14-7-3-2-4-8-14)15(13-17)18-10-5-6-11-18/h2-4,7-8,15,19H,5-6,9-13H2,1H3. The van der Waals surface area contributed by atoms with Crippen LogP contribution in [0, 0.1) is 0 Å². The molecule has 0 bridgehead atoms. The summed E-state index contributed by atoms with van der Waals surface area (Å²) in [6.07, 6.45) is 3.37. The van der Waals surface area contributed by atoms with Gasteiger partial charge >= 0.3 is 0 Å². The van der Waals surface area contributed by atoms with E-state index in [-0.39, 0.29) is 6.04 Å². The summed E-state index contributed by atoms with van der Waals surface area (Å²) in [7, 11) is 2.16. The minimum absolute atomic E-state index is 0.233. The Labute approximate surface area is 115 Å².